The molecule has 0 unspecified atom stereocenters. The summed E-state index contributed by atoms with van der Waals surface area (Å²) in [6.07, 6.45) is 0. The van der Waals surface area contributed by atoms with Crippen LogP contribution in [0.4, 0.5) is 0 Å². The molecule has 0 aliphatic carbocycles. The van der Waals surface area contributed by atoms with Gasteiger partial charge in [0.1, 0.15) is 0 Å². The fraction of sp³-hybridized carbons (Fsp3) is 0.188. The van der Waals surface area contributed by atoms with Gasteiger partial charge in [0.05, 0.1) is 0 Å². The Labute approximate surface area is 131 Å². The topological polar surface area (TPSA) is 47.6 Å². The Morgan fingerprint density at radius 2 is 2.14 bits per heavy atom. The van der Waals surface area contributed by atoms with Gasteiger partial charge in [-0.1, -0.05) is 28.1 Å². The van der Waals surface area contributed by atoms with Crippen molar-refractivity contribution in [2.45, 2.75) is 13.5 Å². The molecule has 5 heteroatoms. The van der Waals surface area contributed by atoms with Gasteiger partial charge in [-0.05, 0) is 36.8 Å². The molecule has 1 aliphatic heterocycles. The third-order valence-corrected chi connectivity index (χ3v) is 4.23. The lowest BCUT2D eigenvalue weighted by molar-refractivity contribution is 0.0950. The van der Waals surface area contributed by atoms with E-state index in [1.807, 2.05) is 37.3 Å². The van der Waals surface area contributed by atoms with Crippen LogP contribution in [0.3, 0.4) is 0 Å². The number of fused-ring (bicyclic) bond motifs is 1. The molecule has 0 spiro atoms. The van der Waals surface area contributed by atoms with E-state index in [1.54, 1.807) is 6.07 Å². The molecule has 2 aromatic rings. The molecule has 2 aromatic carbocycles. The van der Waals surface area contributed by atoms with Crippen LogP contribution < -0.4 is 14.8 Å². The Kier molecular flexibility index (Phi) is 3.84. The van der Waals surface area contributed by atoms with Gasteiger partial charge in [-0.15, -0.1) is 0 Å². The van der Waals surface area contributed by atoms with Crippen molar-refractivity contribution in [2.24, 2.45) is 0 Å². The van der Waals surface area contributed by atoms with Crippen molar-refractivity contribution < 1.29 is 14.3 Å². The maximum Gasteiger partial charge on any atom is 0.251 e. The first-order chi connectivity index (χ1) is 10.1. The minimum Gasteiger partial charge on any atom is -0.454 e. The van der Waals surface area contributed by atoms with Gasteiger partial charge in [-0.2, -0.15) is 0 Å². The maximum absolute atomic E-state index is 12.2. The van der Waals surface area contributed by atoms with E-state index in [-0.39, 0.29) is 12.7 Å². The highest BCUT2D eigenvalue weighted by Crippen LogP contribution is 2.35. The third-order valence-electron chi connectivity index (χ3n) is 3.34. The number of hydrogen-bond donors (Lipinski definition) is 1. The second-order valence-electron chi connectivity index (χ2n) is 4.80. The van der Waals surface area contributed by atoms with Gasteiger partial charge in [0.2, 0.25) is 6.79 Å². The van der Waals surface area contributed by atoms with Gasteiger partial charge in [0.15, 0.2) is 11.5 Å². The van der Waals surface area contributed by atoms with Crippen molar-refractivity contribution in [3.8, 4) is 11.5 Å². The highest BCUT2D eigenvalue weighted by atomic mass is 79.9. The predicted molar refractivity (Wildman–Crippen MR) is 82.6 cm³/mol. The van der Waals surface area contributed by atoms with E-state index in [0.29, 0.717) is 17.9 Å². The van der Waals surface area contributed by atoms with Crippen molar-refractivity contribution in [1.82, 2.24) is 5.32 Å². The number of para-hydroxylation sites is 1. The number of carbonyl (C=O) groups excluding carboxylic acids is 1. The Bertz CT molecular complexity index is 700. The largest absolute Gasteiger partial charge is 0.454 e. The van der Waals surface area contributed by atoms with Gasteiger partial charge in [-0.25, -0.2) is 0 Å². The number of carbonyl (C=O) groups is 1. The summed E-state index contributed by atoms with van der Waals surface area (Å²) < 4.78 is 11.7. The fourth-order valence-corrected chi connectivity index (χ4v) is 2.44. The first-order valence-corrected chi connectivity index (χ1v) is 7.36. The zero-order valence-corrected chi connectivity index (χ0v) is 13.1. The quantitative estimate of drug-likeness (QED) is 0.925. The molecule has 0 saturated heterocycles. The number of rotatable bonds is 3. The molecule has 4 nitrogen and oxygen atoms in total. The second-order valence-corrected chi connectivity index (χ2v) is 5.65. The smallest absolute Gasteiger partial charge is 0.251 e. The summed E-state index contributed by atoms with van der Waals surface area (Å²) in [5.41, 5.74) is 2.58. The minimum atomic E-state index is -0.109. The summed E-state index contributed by atoms with van der Waals surface area (Å²) in [6, 6.07) is 11.2. The van der Waals surface area contributed by atoms with Crippen LogP contribution in [-0.2, 0) is 6.54 Å². The van der Waals surface area contributed by atoms with Gasteiger partial charge in [0, 0.05) is 22.1 Å². The monoisotopic (exact) mass is 347 g/mol. The Morgan fingerprint density at radius 3 is 2.95 bits per heavy atom. The zero-order chi connectivity index (χ0) is 14.8. The number of benzene rings is 2. The second kappa shape index (κ2) is 5.77. The van der Waals surface area contributed by atoms with Crippen LogP contribution in [0, 0.1) is 6.92 Å². The molecule has 1 N–H and O–H groups in total. The number of halogens is 1. The number of amides is 1. The van der Waals surface area contributed by atoms with Crippen molar-refractivity contribution in [1.29, 1.82) is 0 Å². The molecule has 0 fully saturated rings. The number of nitrogens with one attached hydrogen (secondary N) is 1. The third kappa shape index (κ3) is 2.88. The summed E-state index contributed by atoms with van der Waals surface area (Å²) in [5, 5.41) is 2.90. The van der Waals surface area contributed by atoms with E-state index >= 15 is 0 Å². The molecule has 0 aromatic heterocycles. The lowest BCUT2D eigenvalue weighted by atomic mass is 10.1. The Morgan fingerprint density at radius 1 is 1.29 bits per heavy atom. The average Bonchev–Trinajstić information content (AvgIpc) is 2.96. The normalized spacial score (nSPS) is 12.3. The maximum atomic E-state index is 12.2. The van der Waals surface area contributed by atoms with Crippen LogP contribution in [0.15, 0.2) is 40.9 Å². The van der Waals surface area contributed by atoms with Gasteiger partial charge >= 0.3 is 0 Å². The van der Waals surface area contributed by atoms with Crippen molar-refractivity contribution in [2.75, 3.05) is 6.79 Å². The predicted octanol–water partition coefficient (Wildman–Crippen LogP) is 3.42. The lowest BCUT2D eigenvalue weighted by Crippen LogP contribution is -2.23. The first kappa shape index (κ1) is 13.9. The van der Waals surface area contributed by atoms with Gasteiger partial charge < -0.3 is 14.8 Å². The Hall–Kier alpha value is -2.01. The van der Waals surface area contributed by atoms with Crippen molar-refractivity contribution in [3.63, 3.8) is 0 Å². The highest BCUT2D eigenvalue weighted by molar-refractivity contribution is 9.10. The molecular formula is C16H14BrNO3. The zero-order valence-electron chi connectivity index (χ0n) is 11.5. The molecule has 108 valence electrons. The van der Waals surface area contributed by atoms with Crippen LogP contribution in [0.1, 0.15) is 21.5 Å². The van der Waals surface area contributed by atoms with E-state index in [9.17, 15) is 4.79 Å². The average molecular weight is 348 g/mol. The van der Waals surface area contributed by atoms with E-state index in [0.717, 1.165) is 21.3 Å². The summed E-state index contributed by atoms with van der Waals surface area (Å²) in [5.74, 6) is 1.33. The number of aryl methyl sites for hydroxylation is 1. The molecule has 1 aliphatic rings. The molecule has 0 radical (unpaired) electrons. The molecule has 0 saturated carbocycles. The van der Waals surface area contributed by atoms with Crippen molar-refractivity contribution >= 4 is 21.8 Å². The minimum absolute atomic E-state index is 0.109. The van der Waals surface area contributed by atoms with Crippen LogP contribution >= 0.6 is 15.9 Å². The highest BCUT2D eigenvalue weighted by Gasteiger charge is 2.17. The van der Waals surface area contributed by atoms with E-state index in [1.165, 1.54) is 0 Å². The van der Waals surface area contributed by atoms with E-state index in [2.05, 4.69) is 21.2 Å². The lowest BCUT2D eigenvalue weighted by Gasteiger charge is -2.09. The summed E-state index contributed by atoms with van der Waals surface area (Å²) in [4.78, 5) is 12.2. The van der Waals surface area contributed by atoms with Crippen molar-refractivity contribution in [3.05, 3.63) is 57.6 Å². The molecule has 1 amide bonds. The SMILES string of the molecule is Cc1cc(C(=O)NCc2cccc3c2OCO3)ccc1Br. The standard InChI is InChI=1S/C16H14BrNO3/c1-10-7-11(5-6-13(10)17)16(19)18-8-12-3-2-4-14-15(12)21-9-20-14/h2-7H,8-9H2,1H3,(H,18,19). The van der Waals surface area contributed by atoms with Crippen LogP contribution in [0.25, 0.3) is 0 Å². The summed E-state index contributed by atoms with van der Waals surface area (Å²) in [7, 11) is 0. The van der Waals surface area contributed by atoms with Gasteiger partial charge in [-0.3, -0.25) is 4.79 Å². The Balaban J connectivity index is 1.72. The number of ether oxygens (including phenoxy) is 2. The van der Waals surface area contributed by atoms with Crippen LogP contribution in [-0.4, -0.2) is 12.7 Å². The fourth-order valence-electron chi connectivity index (χ4n) is 2.19. The molecule has 1 heterocycles. The summed E-state index contributed by atoms with van der Waals surface area (Å²) in [6.45, 7) is 2.59. The molecular weight excluding hydrogens is 334 g/mol. The van der Waals surface area contributed by atoms with E-state index < -0.39 is 0 Å². The van der Waals surface area contributed by atoms with Gasteiger partial charge in [0.25, 0.3) is 5.91 Å². The van der Waals surface area contributed by atoms with Crippen LogP contribution in [0.5, 0.6) is 11.5 Å². The number of hydrogen-bond acceptors (Lipinski definition) is 3. The molecule has 0 atom stereocenters. The first-order valence-electron chi connectivity index (χ1n) is 6.57. The summed E-state index contributed by atoms with van der Waals surface area (Å²) >= 11 is 3.43. The molecule has 21 heavy (non-hydrogen) atoms. The molecule has 3 rings (SSSR count). The van der Waals surface area contributed by atoms with E-state index in [4.69, 9.17) is 9.47 Å². The van der Waals surface area contributed by atoms with Crippen LogP contribution in [0.2, 0.25) is 0 Å². The molecule has 0 bridgehead atoms.